The Morgan fingerprint density at radius 2 is 2.17 bits per heavy atom. The van der Waals surface area contributed by atoms with E-state index in [1.807, 2.05) is 37.3 Å². The number of halogens is 1. The fourth-order valence-electron chi connectivity index (χ4n) is 1.67. The Bertz CT molecular complexity index is 602. The van der Waals surface area contributed by atoms with E-state index in [4.69, 9.17) is 5.26 Å². The van der Waals surface area contributed by atoms with Gasteiger partial charge in [-0.1, -0.05) is 12.1 Å². The Hall–Kier alpha value is -1.86. The van der Waals surface area contributed by atoms with E-state index >= 15 is 0 Å². The summed E-state index contributed by atoms with van der Waals surface area (Å²) in [7, 11) is 0. The summed E-state index contributed by atoms with van der Waals surface area (Å²) >= 11 is 3.34. The summed E-state index contributed by atoms with van der Waals surface area (Å²) < 4.78 is 0.831. The molecule has 1 aromatic heterocycles. The molecule has 0 bridgehead atoms. The molecule has 0 amide bonds. The maximum Gasteiger partial charge on any atom is 0.106 e. The number of nitrogens with zero attached hydrogens (tertiary/aromatic N) is 2. The second kappa shape index (κ2) is 5.65. The molecule has 1 aromatic carbocycles. The zero-order chi connectivity index (χ0) is 13.0. The Kier molecular flexibility index (Phi) is 3.96. The van der Waals surface area contributed by atoms with Crippen LogP contribution in [0, 0.1) is 18.3 Å². The summed E-state index contributed by atoms with van der Waals surface area (Å²) in [6, 6.07) is 13.6. The normalized spacial score (nSPS) is 9.83. The SMILES string of the molecule is Cc1nc(Br)ccc1NCc1cccc(C#N)c1. The van der Waals surface area contributed by atoms with Gasteiger partial charge in [0.15, 0.2) is 0 Å². The molecule has 0 aliphatic carbocycles. The van der Waals surface area contributed by atoms with Crippen molar-refractivity contribution < 1.29 is 0 Å². The molecule has 0 saturated carbocycles. The second-order valence-electron chi connectivity index (χ2n) is 3.93. The molecule has 0 fully saturated rings. The van der Waals surface area contributed by atoms with Crippen LogP contribution >= 0.6 is 15.9 Å². The standard InChI is InChI=1S/C14H12BrN3/c1-10-13(5-6-14(15)18-10)17-9-12-4-2-3-11(7-12)8-16/h2-7,17H,9H2,1H3. The monoisotopic (exact) mass is 301 g/mol. The van der Waals surface area contributed by atoms with Crippen LogP contribution in [-0.4, -0.2) is 4.98 Å². The van der Waals surface area contributed by atoms with Crippen LogP contribution < -0.4 is 5.32 Å². The van der Waals surface area contributed by atoms with Gasteiger partial charge < -0.3 is 5.32 Å². The van der Waals surface area contributed by atoms with Crippen molar-refractivity contribution in [1.82, 2.24) is 4.98 Å². The first-order valence-corrected chi connectivity index (χ1v) is 6.34. The average molecular weight is 302 g/mol. The highest BCUT2D eigenvalue weighted by Crippen LogP contribution is 2.17. The van der Waals surface area contributed by atoms with Crippen molar-refractivity contribution in [3.8, 4) is 6.07 Å². The largest absolute Gasteiger partial charge is 0.380 e. The summed E-state index contributed by atoms with van der Waals surface area (Å²) in [5, 5.41) is 12.2. The lowest BCUT2D eigenvalue weighted by Crippen LogP contribution is -2.02. The number of aryl methyl sites for hydroxylation is 1. The van der Waals surface area contributed by atoms with Crippen molar-refractivity contribution in [3.63, 3.8) is 0 Å². The molecular formula is C14H12BrN3. The highest BCUT2D eigenvalue weighted by molar-refractivity contribution is 9.10. The molecular weight excluding hydrogens is 290 g/mol. The van der Waals surface area contributed by atoms with E-state index in [9.17, 15) is 0 Å². The van der Waals surface area contributed by atoms with Gasteiger partial charge in [0.2, 0.25) is 0 Å². The molecule has 90 valence electrons. The number of pyridine rings is 1. The fourth-order valence-corrected chi connectivity index (χ4v) is 2.06. The summed E-state index contributed by atoms with van der Waals surface area (Å²) in [5.74, 6) is 0. The minimum Gasteiger partial charge on any atom is -0.380 e. The quantitative estimate of drug-likeness (QED) is 0.881. The van der Waals surface area contributed by atoms with E-state index in [1.165, 1.54) is 0 Å². The van der Waals surface area contributed by atoms with Gasteiger partial charge in [-0.3, -0.25) is 0 Å². The van der Waals surface area contributed by atoms with Crippen LogP contribution in [0.2, 0.25) is 0 Å². The Morgan fingerprint density at radius 1 is 1.33 bits per heavy atom. The lowest BCUT2D eigenvalue weighted by Gasteiger charge is -2.09. The Labute approximate surface area is 115 Å². The summed E-state index contributed by atoms with van der Waals surface area (Å²) in [4.78, 5) is 4.32. The van der Waals surface area contributed by atoms with Gasteiger partial charge in [0.05, 0.1) is 23.0 Å². The molecule has 0 saturated heterocycles. The Morgan fingerprint density at radius 3 is 2.89 bits per heavy atom. The third-order valence-corrected chi connectivity index (χ3v) is 3.03. The predicted molar refractivity (Wildman–Crippen MR) is 75.2 cm³/mol. The summed E-state index contributed by atoms with van der Waals surface area (Å²) in [6.45, 7) is 2.64. The van der Waals surface area contributed by atoms with Crippen LogP contribution in [0.1, 0.15) is 16.8 Å². The first-order valence-electron chi connectivity index (χ1n) is 5.55. The van der Waals surface area contributed by atoms with Gasteiger partial charge in [-0.15, -0.1) is 0 Å². The number of benzene rings is 1. The summed E-state index contributed by atoms with van der Waals surface area (Å²) in [5.41, 5.74) is 3.71. The van der Waals surface area contributed by atoms with Gasteiger partial charge in [0.25, 0.3) is 0 Å². The third kappa shape index (κ3) is 3.08. The van der Waals surface area contributed by atoms with Crippen molar-refractivity contribution in [2.24, 2.45) is 0 Å². The van der Waals surface area contributed by atoms with Gasteiger partial charge in [-0.05, 0) is 52.7 Å². The lowest BCUT2D eigenvalue weighted by molar-refractivity contribution is 1.10. The molecule has 1 N–H and O–H groups in total. The van der Waals surface area contributed by atoms with Crippen molar-refractivity contribution in [2.45, 2.75) is 13.5 Å². The highest BCUT2D eigenvalue weighted by Gasteiger charge is 2.01. The van der Waals surface area contributed by atoms with Gasteiger partial charge in [0, 0.05) is 6.54 Å². The van der Waals surface area contributed by atoms with Gasteiger partial charge in [-0.25, -0.2) is 4.98 Å². The molecule has 4 heteroatoms. The molecule has 1 heterocycles. The van der Waals surface area contributed by atoms with E-state index in [1.54, 1.807) is 6.07 Å². The second-order valence-corrected chi connectivity index (χ2v) is 4.75. The zero-order valence-corrected chi connectivity index (χ0v) is 11.5. The number of hydrogen-bond acceptors (Lipinski definition) is 3. The first-order chi connectivity index (χ1) is 8.69. The molecule has 0 unspecified atom stereocenters. The van der Waals surface area contributed by atoms with Gasteiger partial charge >= 0.3 is 0 Å². The number of anilines is 1. The highest BCUT2D eigenvalue weighted by atomic mass is 79.9. The average Bonchev–Trinajstić information content (AvgIpc) is 2.38. The molecule has 0 atom stereocenters. The molecule has 18 heavy (non-hydrogen) atoms. The number of nitrogens with one attached hydrogen (secondary N) is 1. The number of rotatable bonds is 3. The van der Waals surface area contributed by atoms with E-state index in [0.29, 0.717) is 12.1 Å². The van der Waals surface area contributed by atoms with Gasteiger partial charge in [-0.2, -0.15) is 5.26 Å². The van der Waals surface area contributed by atoms with Crippen LogP contribution in [0.4, 0.5) is 5.69 Å². The van der Waals surface area contributed by atoms with E-state index < -0.39 is 0 Å². The fraction of sp³-hybridized carbons (Fsp3) is 0.143. The minimum atomic E-state index is 0.680. The molecule has 2 aromatic rings. The first kappa shape index (κ1) is 12.6. The number of nitriles is 1. The van der Waals surface area contributed by atoms with E-state index in [0.717, 1.165) is 21.5 Å². The van der Waals surface area contributed by atoms with Crippen molar-refractivity contribution in [1.29, 1.82) is 5.26 Å². The van der Waals surface area contributed by atoms with Crippen LogP contribution in [0.15, 0.2) is 41.0 Å². The minimum absolute atomic E-state index is 0.680. The smallest absolute Gasteiger partial charge is 0.106 e. The van der Waals surface area contributed by atoms with Crippen LogP contribution in [0.5, 0.6) is 0 Å². The Balaban J connectivity index is 2.09. The maximum absolute atomic E-state index is 8.84. The van der Waals surface area contributed by atoms with E-state index in [-0.39, 0.29) is 0 Å². The molecule has 0 aliphatic rings. The van der Waals surface area contributed by atoms with Crippen LogP contribution in [0.25, 0.3) is 0 Å². The van der Waals surface area contributed by atoms with Crippen LogP contribution in [-0.2, 0) is 6.54 Å². The van der Waals surface area contributed by atoms with Crippen molar-refractivity contribution >= 4 is 21.6 Å². The number of aromatic nitrogens is 1. The van der Waals surface area contributed by atoms with Gasteiger partial charge in [0.1, 0.15) is 4.60 Å². The number of hydrogen-bond donors (Lipinski definition) is 1. The molecule has 0 aliphatic heterocycles. The summed E-state index contributed by atoms with van der Waals surface area (Å²) in [6.07, 6.45) is 0. The topological polar surface area (TPSA) is 48.7 Å². The van der Waals surface area contributed by atoms with E-state index in [2.05, 4.69) is 32.3 Å². The molecule has 3 nitrogen and oxygen atoms in total. The van der Waals surface area contributed by atoms with Crippen molar-refractivity contribution in [2.75, 3.05) is 5.32 Å². The predicted octanol–water partition coefficient (Wildman–Crippen LogP) is 3.64. The van der Waals surface area contributed by atoms with Crippen molar-refractivity contribution in [3.05, 3.63) is 57.8 Å². The molecule has 0 spiro atoms. The molecule has 0 radical (unpaired) electrons. The van der Waals surface area contributed by atoms with Crippen LogP contribution in [0.3, 0.4) is 0 Å². The molecule has 2 rings (SSSR count). The zero-order valence-electron chi connectivity index (χ0n) is 9.94. The lowest BCUT2D eigenvalue weighted by atomic mass is 10.1. The third-order valence-electron chi connectivity index (χ3n) is 2.59. The maximum atomic E-state index is 8.84.